The molecule has 1 aliphatic rings. The van der Waals surface area contributed by atoms with Gasteiger partial charge in [0, 0.05) is 22.1 Å². The fraction of sp³-hybridized carbons (Fsp3) is 0.222. The summed E-state index contributed by atoms with van der Waals surface area (Å²) in [6.45, 7) is 4.21. The number of aromatic nitrogens is 1. The molecule has 4 nitrogen and oxygen atoms in total. The Balaban J connectivity index is 1.30. The number of hydrogen-bond donors (Lipinski definition) is 1. The van der Waals surface area contributed by atoms with Crippen molar-refractivity contribution in [1.82, 2.24) is 4.98 Å². The molecule has 0 saturated carbocycles. The van der Waals surface area contributed by atoms with E-state index in [2.05, 4.69) is 83.1 Å². The van der Waals surface area contributed by atoms with E-state index >= 15 is 0 Å². The first-order chi connectivity index (χ1) is 15.8. The number of methoxy groups -OCH3 is 1. The van der Waals surface area contributed by atoms with Crippen LogP contribution in [0.5, 0.6) is 5.75 Å². The van der Waals surface area contributed by atoms with Crippen molar-refractivity contribution in [2.45, 2.75) is 6.04 Å². The van der Waals surface area contributed by atoms with Gasteiger partial charge < -0.3 is 14.5 Å². The van der Waals surface area contributed by atoms with Crippen LogP contribution in [0.25, 0.3) is 11.3 Å². The largest absolute Gasteiger partial charge is 0.497 e. The van der Waals surface area contributed by atoms with Gasteiger partial charge in [0.1, 0.15) is 11.8 Å². The summed E-state index contributed by atoms with van der Waals surface area (Å²) in [4.78, 5) is 9.00. The molecule has 2 heterocycles. The zero-order valence-corrected chi connectivity index (χ0v) is 19.1. The quantitative estimate of drug-likeness (QED) is 0.483. The number of quaternary nitrogens is 1. The van der Waals surface area contributed by atoms with Crippen molar-refractivity contribution in [2.75, 3.05) is 38.2 Å². The van der Waals surface area contributed by atoms with Crippen LogP contribution in [0.1, 0.15) is 17.2 Å². The standard InChI is InChI=1S/C27H27N3OS/c1-31-24-14-12-21(13-15-24)25-20-32-27(28-25)30-18-16-29(17-19-30)26(22-8-4-2-5-9-22)23-10-6-3-7-11-23/h2-15,20,26H,16-19H2,1H3/p+1. The molecule has 1 aromatic heterocycles. The van der Waals surface area contributed by atoms with Gasteiger partial charge in [0.25, 0.3) is 0 Å². The summed E-state index contributed by atoms with van der Waals surface area (Å²) in [5.74, 6) is 0.870. The van der Waals surface area contributed by atoms with Crippen LogP contribution in [-0.2, 0) is 0 Å². The molecule has 1 fully saturated rings. The van der Waals surface area contributed by atoms with E-state index in [1.54, 1.807) is 23.3 Å². The SMILES string of the molecule is COc1ccc(-c2csc(N3CC[NH+](C(c4ccccc4)c4ccccc4)CC3)n2)cc1. The highest BCUT2D eigenvalue weighted by Gasteiger charge is 2.30. The normalized spacial score (nSPS) is 14.6. The molecule has 0 bridgehead atoms. The topological polar surface area (TPSA) is 29.8 Å². The maximum absolute atomic E-state index is 5.27. The number of anilines is 1. The first-order valence-corrected chi connectivity index (χ1v) is 12.0. The minimum Gasteiger partial charge on any atom is -0.497 e. The molecule has 0 radical (unpaired) electrons. The zero-order chi connectivity index (χ0) is 21.8. The van der Waals surface area contributed by atoms with Crippen LogP contribution < -0.4 is 14.5 Å². The van der Waals surface area contributed by atoms with E-state index in [1.165, 1.54) is 11.1 Å². The second-order valence-corrected chi connectivity index (χ2v) is 8.98. The average Bonchev–Trinajstić information content (AvgIpc) is 3.36. The molecule has 3 aromatic carbocycles. The second-order valence-electron chi connectivity index (χ2n) is 8.14. The molecule has 1 saturated heterocycles. The van der Waals surface area contributed by atoms with Gasteiger partial charge in [-0.05, 0) is 24.3 Å². The fourth-order valence-electron chi connectivity index (χ4n) is 4.53. The third kappa shape index (κ3) is 4.40. The molecule has 4 aromatic rings. The minimum atomic E-state index is 0.366. The van der Waals surface area contributed by atoms with Crippen LogP contribution in [0.3, 0.4) is 0 Å². The van der Waals surface area contributed by atoms with Crippen molar-refractivity contribution >= 4 is 16.5 Å². The number of nitrogens with zero attached hydrogens (tertiary/aromatic N) is 2. The Morgan fingerprint density at radius 1 is 0.844 bits per heavy atom. The van der Waals surface area contributed by atoms with E-state index < -0.39 is 0 Å². The van der Waals surface area contributed by atoms with Gasteiger partial charge in [0.15, 0.2) is 5.13 Å². The van der Waals surface area contributed by atoms with E-state index in [9.17, 15) is 0 Å². The lowest BCUT2D eigenvalue weighted by molar-refractivity contribution is -0.926. The maximum Gasteiger partial charge on any atom is 0.186 e. The van der Waals surface area contributed by atoms with Gasteiger partial charge in [-0.15, -0.1) is 11.3 Å². The Morgan fingerprint density at radius 3 is 2.00 bits per heavy atom. The molecule has 162 valence electrons. The molecule has 0 atom stereocenters. The van der Waals surface area contributed by atoms with Gasteiger partial charge >= 0.3 is 0 Å². The Bertz CT molecular complexity index is 1080. The summed E-state index contributed by atoms with van der Waals surface area (Å²) in [5.41, 5.74) is 4.94. The molecule has 0 spiro atoms. The Kier molecular flexibility index (Phi) is 6.19. The molecule has 0 amide bonds. The van der Waals surface area contributed by atoms with Crippen molar-refractivity contribution in [3.8, 4) is 17.0 Å². The highest BCUT2D eigenvalue weighted by molar-refractivity contribution is 7.14. The summed E-state index contributed by atoms with van der Waals surface area (Å²) in [6.07, 6.45) is 0. The lowest BCUT2D eigenvalue weighted by Gasteiger charge is -2.37. The number of rotatable bonds is 6. The molecule has 1 aliphatic heterocycles. The number of hydrogen-bond acceptors (Lipinski definition) is 4. The van der Waals surface area contributed by atoms with Gasteiger partial charge in [-0.3, -0.25) is 0 Å². The van der Waals surface area contributed by atoms with Gasteiger partial charge in [-0.1, -0.05) is 60.7 Å². The second kappa shape index (κ2) is 9.55. The molecular weight excluding hydrogens is 414 g/mol. The maximum atomic E-state index is 5.27. The van der Waals surface area contributed by atoms with Crippen LogP contribution >= 0.6 is 11.3 Å². The van der Waals surface area contributed by atoms with Crippen LogP contribution in [0, 0.1) is 0 Å². The molecule has 5 heteroatoms. The van der Waals surface area contributed by atoms with Gasteiger partial charge in [0.2, 0.25) is 0 Å². The third-order valence-corrected chi connectivity index (χ3v) is 7.13. The first-order valence-electron chi connectivity index (χ1n) is 11.1. The van der Waals surface area contributed by atoms with Gasteiger partial charge in [0.05, 0.1) is 39.0 Å². The average molecular weight is 443 g/mol. The van der Waals surface area contributed by atoms with Gasteiger partial charge in [-0.2, -0.15) is 0 Å². The predicted molar refractivity (Wildman–Crippen MR) is 132 cm³/mol. The molecular formula is C27H28N3OS+. The smallest absolute Gasteiger partial charge is 0.186 e. The monoisotopic (exact) mass is 442 g/mol. The summed E-state index contributed by atoms with van der Waals surface area (Å²) < 4.78 is 5.27. The van der Waals surface area contributed by atoms with E-state index in [0.717, 1.165) is 48.3 Å². The van der Waals surface area contributed by atoms with Crippen LogP contribution in [0.4, 0.5) is 5.13 Å². The van der Waals surface area contributed by atoms with Crippen LogP contribution in [0.15, 0.2) is 90.3 Å². The molecule has 0 unspecified atom stereocenters. The van der Waals surface area contributed by atoms with Crippen molar-refractivity contribution in [3.05, 3.63) is 101 Å². The van der Waals surface area contributed by atoms with E-state index in [4.69, 9.17) is 9.72 Å². The van der Waals surface area contributed by atoms with Crippen molar-refractivity contribution in [1.29, 1.82) is 0 Å². The zero-order valence-electron chi connectivity index (χ0n) is 18.3. The summed E-state index contributed by atoms with van der Waals surface area (Å²) in [6, 6.07) is 30.3. The highest BCUT2D eigenvalue weighted by Crippen LogP contribution is 2.29. The predicted octanol–water partition coefficient (Wildman–Crippen LogP) is 4.31. The fourth-order valence-corrected chi connectivity index (χ4v) is 5.42. The highest BCUT2D eigenvalue weighted by atomic mass is 32.1. The lowest BCUT2D eigenvalue weighted by Crippen LogP contribution is -3.15. The summed E-state index contributed by atoms with van der Waals surface area (Å²) >= 11 is 1.74. The Labute approximate surface area is 193 Å². The van der Waals surface area contributed by atoms with Crippen molar-refractivity contribution in [3.63, 3.8) is 0 Å². The number of benzene rings is 3. The van der Waals surface area contributed by atoms with E-state index in [0.29, 0.717) is 6.04 Å². The minimum absolute atomic E-state index is 0.366. The van der Waals surface area contributed by atoms with E-state index in [-0.39, 0.29) is 0 Å². The summed E-state index contributed by atoms with van der Waals surface area (Å²) in [5, 5.41) is 3.28. The van der Waals surface area contributed by atoms with Crippen molar-refractivity contribution in [2.24, 2.45) is 0 Å². The van der Waals surface area contributed by atoms with Crippen molar-refractivity contribution < 1.29 is 9.64 Å². The Morgan fingerprint density at radius 2 is 1.44 bits per heavy atom. The lowest BCUT2D eigenvalue weighted by atomic mass is 9.96. The van der Waals surface area contributed by atoms with Gasteiger partial charge in [-0.25, -0.2) is 4.98 Å². The molecule has 32 heavy (non-hydrogen) atoms. The number of ether oxygens (including phenoxy) is 1. The van der Waals surface area contributed by atoms with Crippen LogP contribution in [0.2, 0.25) is 0 Å². The van der Waals surface area contributed by atoms with Crippen LogP contribution in [-0.4, -0.2) is 38.3 Å². The molecule has 1 N–H and O–H groups in total. The number of piperazine rings is 1. The molecule has 0 aliphatic carbocycles. The Hall–Kier alpha value is -3.15. The number of nitrogens with one attached hydrogen (secondary N) is 1. The summed E-state index contributed by atoms with van der Waals surface area (Å²) in [7, 11) is 1.69. The number of thiazole rings is 1. The van der Waals surface area contributed by atoms with E-state index in [1.807, 2.05) is 12.1 Å². The first kappa shape index (κ1) is 20.7. The molecule has 5 rings (SSSR count). The third-order valence-electron chi connectivity index (χ3n) is 6.23.